The minimum atomic E-state index is -0.172. The summed E-state index contributed by atoms with van der Waals surface area (Å²) in [5.41, 5.74) is 15.9. The Labute approximate surface area is 317 Å². The second-order valence-corrected chi connectivity index (χ2v) is 14.9. The van der Waals surface area contributed by atoms with Crippen LogP contribution in [0, 0.1) is 0 Å². The standard InChI is InChI=1S/C53H39N/c1-53(2)50-34-42(30-31-47(50)49-33-40-29-28-37-18-9-10-24-44(37)48(40)35-51(49)53)54(41-21-7-4-8-22-41)52-27-14-13-26-46(52)39-20-15-19-38(32-39)45-25-12-11-23-43(45)36-16-5-3-6-17-36/h3-35H,1-2H3. The molecule has 0 saturated heterocycles. The molecule has 9 aromatic carbocycles. The van der Waals surface area contributed by atoms with Crippen molar-refractivity contribution in [2.45, 2.75) is 19.3 Å². The van der Waals surface area contributed by atoms with Crippen LogP contribution in [0.2, 0.25) is 0 Å². The lowest BCUT2D eigenvalue weighted by atomic mass is 9.81. The average molecular weight is 690 g/mol. The van der Waals surface area contributed by atoms with E-state index in [9.17, 15) is 0 Å². The molecule has 54 heavy (non-hydrogen) atoms. The van der Waals surface area contributed by atoms with E-state index in [1.807, 2.05) is 0 Å². The van der Waals surface area contributed by atoms with Gasteiger partial charge in [0, 0.05) is 22.4 Å². The van der Waals surface area contributed by atoms with Crippen molar-refractivity contribution in [2.75, 3.05) is 4.90 Å². The Morgan fingerprint density at radius 2 is 0.926 bits per heavy atom. The van der Waals surface area contributed by atoms with Crippen LogP contribution < -0.4 is 4.90 Å². The Morgan fingerprint density at radius 3 is 1.72 bits per heavy atom. The molecule has 1 aliphatic rings. The molecule has 0 spiro atoms. The van der Waals surface area contributed by atoms with Crippen molar-refractivity contribution in [2.24, 2.45) is 0 Å². The smallest absolute Gasteiger partial charge is 0.0540 e. The summed E-state index contributed by atoms with van der Waals surface area (Å²) < 4.78 is 0. The van der Waals surface area contributed by atoms with Gasteiger partial charge in [-0.25, -0.2) is 0 Å². The SMILES string of the molecule is CC1(C)c2cc(N(c3ccccc3)c3ccccc3-c3cccc(-c4ccccc4-c4ccccc4)c3)ccc2-c2cc3ccc4ccccc4c3cc21. The quantitative estimate of drug-likeness (QED) is 0.157. The normalized spacial score (nSPS) is 12.8. The van der Waals surface area contributed by atoms with Crippen LogP contribution in [-0.2, 0) is 5.41 Å². The third kappa shape index (κ3) is 5.24. The van der Waals surface area contributed by atoms with Crippen molar-refractivity contribution in [3.8, 4) is 44.5 Å². The summed E-state index contributed by atoms with van der Waals surface area (Å²) in [5.74, 6) is 0. The first-order valence-corrected chi connectivity index (χ1v) is 18.8. The highest BCUT2D eigenvalue weighted by atomic mass is 15.1. The number of para-hydroxylation sites is 2. The molecule has 9 aromatic rings. The van der Waals surface area contributed by atoms with Crippen LogP contribution in [0.4, 0.5) is 17.1 Å². The molecule has 0 unspecified atom stereocenters. The van der Waals surface area contributed by atoms with Gasteiger partial charge in [0.05, 0.1) is 5.69 Å². The number of hydrogen-bond acceptors (Lipinski definition) is 1. The second-order valence-electron chi connectivity index (χ2n) is 14.9. The van der Waals surface area contributed by atoms with Crippen molar-refractivity contribution in [1.82, 2.24) is 0 Å². The Bertz CT molecular complexity index is 2850. The van der Waals surface area contributed by atoms with Gasteiger partial charge in [0.25, 0.3) is 0 Å². The van der Waals surface area contributed by atoms with Crippen LogP contribution in [-0.4, -0.2) is 0 Å². The zero-order valence-corrected chi connectivity index (χ0v) is 30.5. The maximum atomic E-state index is 2.46. The fourth-order valence-corrected chi connectivity index (χ4v) is 8.74. The molecule has 1 heteroatoms. The van der Waals surface area contributed by atoms with E-state index in [0.717, 1.165) is 17.1 Å². The van der Waals surface area contributed by atoms with E-state index in [1.54, 1.807) is 0 Å². The topological polar surface area (TPSA) is 3.24 Å². The van der Waals surface area contributed by atoms with E-state index >= 15 is 0 Å². The van der Waals surface area contributed by atoms with Gasteiger partial charge in [0.1, 0.15) is 0 Å². The monoisotopic (exact) mass is 689 g/mol. The molecule has 0 bridgehead atoms. The molecular formula is C53H39N. The van der Waals surface area contributed by atoms with Crippen molar-refractivity contribution >= 4 is 38.6 Å². The number of benzene rings is 9. The number of fused-ring (bicyclic) bond motifs is 6. The fourth-order valence-electron chi connectivity index (χ4n) is 8.74. The highest BCUT2D eigenvalue weighted by molar-refractivity contribution is 6.10. The molecule has 0 atom stereocenters. The van der Waals surface area contributed by atoms with E-state index in [2.05, 4.69) is 219 Å². The minimum absolute atomic E-state index is 0.172. The number of hydrogen-bond donors (Lipinski definition) is 0. The lowest BCUT2D eigenvalue weighted by molar-refractivity contribution is 0.661. The number of anilines is 3. The molecule has 0 N–H and O–H groups in total. The van der Waals surface area contributed by atoms with Crippen LogP contribution >= 0.6 is 0 Å². The zero-order valence-electron chi connectivity index (χ0n) is 30.5. The summed E-state index contributed by atoms with van der Waals surface area (Å²) in [6.45, 7) is 4.77. The van der Waals surface area contributed by atoms with Crippen LogP contribution in [0.3, 0.4) is 0 Å². The number of nitrogens with zero attached hydrogens (tertiary/aromatic N) is 1. The Morgan fingerprint density at radius 1 is 0.333 bits per heavy atom. The predicted octanol–water partition coefficient (Wildman–Crippen LogP) is 14.8. The molecule has 0 heterocycles. The van der Waals surface area contributed by atoms with Crippen molar-refractivity contribution in [3.63, 3.8) is 0 Å². The summed E-state index contributed by atoms with van der Waals surface area (Å²) >= 11 is 0. The summed E-state index contributed by atoms with van der Waals surface area (Å²) in [7, 11) is 0. The maximum absolute atomic E-state index is 2.46. The molecule has 0 fully saturated rings. The van der Waals surface area contributed by atoms with Gasteiger partial charge >= 0.3 is 0 Å². The third-order valence-electron chi connectivity index (χ3n) is 11.4. The van der Waals surface area contributed by atoms with Crippen LogP contribution in [0.25, 0.3) is 66.1 Å². The highest BCUT2D eigenvalue weighted by Gasteiger charge is 2.36. The summed E-state index contributed by atoms with van der Waals surface area (Å²) in [6, 6.07) is 73.3. The molecule has 0 amide bonds. The molecule has 256 valence electrons. The van der Waals surface area contributed by atoms with Gasteiger partial charge in [-0.2, -0.15) is 0 Å². The fraction of sp³-hybridized carbons (Fsp3) is 0.0566. The van der Waals surface area contributed by atoms with Gasteiger partial charge in [-0.1, -0.05) is 166 Å². The molecule has 0 radical (unpaired) electrons. The molecule has 1 nitrogen and oxygen atoms in total. The first kappa shape index (κ1) is 32.0. The molecule has 10 rings (SSSR count). The summed E-state index contributed by atoms with van der Waals surface area (Å²) in [6.07, 6.45) is 0. The van der Waals surface area contributed by atoms with Crippen molar-refractivity contribution < 1.29 is 0 Å². The average Bonchev–Trinajstić information content (AvgIpc) is 3.45. The molecular weight excluding hydrogens is 651 g/mol. The Kier molecular flexibility index (Phi) is 7.56. The molecule has 0 aromatic heterocycles. The van der Waals surface area contributed by atoms with Gasteiger partial charge in [-0.05, 0) is 120 Å². The maximum Gasteiger partial charge on any atom is 0.0540 e. The molecule has 0 aliphatic heterocycles. The number of rotatable bonds is 6. The van der Waals surface area contributed by atoms with Gasteiger partial charge in [0.15, 0.2) is 0 Å². The minimum Gasteiger partial charge on any atom is -0.310 e. The van der Waals surface area contributed by atoms with E-state index in [0.29, 0.717) is 0 Å². The van der Waals surface area contributed by atoms with Crippen molar-refractivity contribution in [1.29, 1.82) is 0 Å². The molecule has 0 saturated carbocycles. The summed E-state index contributed by atoms with van der Waals surface area (Å²) in [5, 5.41) is 5.20. The Hall–Kier alpha value is -6.70. The van der Waals surface area contributed by atoms with E-state index in [1.165, 1.54) is 77.2 Å². The van der Waals surface area contributed by atoms with E-state index < -0.39 is 0 Å². The third-order valence-corrected chi connectivity index (χ3v) is 11.4. The summed E-state index contributed by atoms with van der Waals surface area (Å²) in [4.78, 5) is 2.43. The predicted molar refractivity (Wildman–Crippen MR) is 230 cm³/mol. The van der Waals surface area contributed by atoms with Gasteiger partial charge in [-0.15, -0.1) is 0 Å². The Balaban J connectivity index is 1.11. The zero-order chi connectivity index (χ0) is 36.2. The lowest BCUT2D eigenvalue weighted by Gasteiger charge is -2.30. The van der Waals surface area contributed by atoms with Crippen LogP contribution in [0.1, 0.15) is 25.0 Å². The van der Waals surface area contributed by atoms with Gasteiger partial charge in [-0.3, -0.25) is 0 Å². The lowest BCUT2D eigenvalue weighted by Crippen LogP contribution is -2.17. The van der Waals surface area contributed by atoms with E-state index in [4.69, 9.17) is 0 Å². The highest BCUT2D eigenvalue weighted by Crippen LogP contribution is 2.52. The van der Waals surface area contributed by atoms with Gasteiger partial charge in [0.2, 0.25) is 0 Å². The first-order valence-electron chi connectivity index (χ1n) is 18.8. The second kappa shape index (κ2) is 12.8. The van der Waals surface area contributed by atoms with Crippen LogP contribution in [0.5, 0.6) is 0 Å². The van der Waals surface area contributed by atoms with Crippen molar-refractivity contribution in [3.05, 3.63) is 211 Å². The van der Waals surface area contributed by atoms with E-state index in [-0.39, 0.29) is 5.41 Å². The first-order chi connectivity index (χ1) is 26.5. The van der Waals surface area contributed by atoms with Crippen LogP contribution in [0.15, 0.2) is 200 Å². The molecule has 1 aliphatic carbocycles. The van der Waals surface area contributed by atoms with Gasteiger partial charge < -0.3 is 4.90 Å². The largest absolute Gasteiger partial charge is 0.310 e.